The molecule has 0 aromatic heterocycles. The van der Waals surface area contributed by atoms with E-state index in [9.17, 15) is 5.11 Å². The van der Waals surface area contributed by atoms with Crippen LogP contribution in [0.3, 0.4) is 0 Å². The maximum absolute atomic E-state index is 12.0. The second-order valence-corrected chi connectivity index (χ2v) is 7.76. The topological polar surface area (TPSA) is 32.7 Å². The van der Waals surface area contributed by atoms with E-state index < -0.39 is 5.60 Å². The van der Waals surface area contributed by atoms with Crippen LogP contribution in [0.15, 0.2) is 60.7 Å². The standard InChI is InChI=1S/C23H31NO2/c1-19(2)17-23(25,21-11-7-4-8-12-21)22(20-9-5-3-6-10-20)18-24-13-15-26-16-14-24/h3-12,19,22,25H,13-18H2,1-2H3/t22-,23+/m1/s1. The molecular weight excluding hydrogens is 322 g/mol. The summed E-state index contributed by atoms with van der Waals surface area (Å²) in [6, 6.07) is 20.7. The van der Waals surface area contributed by atoms with Crippen LogP contribution in [0.5, 0.6) is 0 Å². The number of ether oxygens (including phenoxy) is 1. The molecule has 2 aromatic carbocycles. The number of benzene rings is 2. The van der Waals surface area contributed by atoms with Crippen LogP contribution >= 0.6 is 0 Å². The van der Waals surface area contributed by atoms with Gasteiger partial charge in [0.25, 0.3) is 0 Å². The molecule has 0 radical (unpaired) electrons. The number of aliphatic hydroxyl groups is 1. The van der Waals surface area contributed by atoms with Crippen molar-refractivity contribution in [2.24, 2.45) is 5.92 Å². The fourth-order valence-corrected chi connectivity index (χ4v) is 4.07. The van der Waals surface area contributed by atoms with E-state index in [2.05, 4.69) is 55.1 Å². The molecule has 1 N–H and O–H groups in total. The molecule has 2 atom stereocenters. The predicted octanol–water partition coefficient (Wildman–Crippen LogP) is 4.04. The monoisotopic (exact) mass is 353 g/mol. The minimum absolute atomic E-state index is 0.0200. The van der Waals surface area contributed by atoms with Crippen LogP contribution in [0.2, 0.25) is 0 Å². The second kappa shape index (κ2) is 8.81. The zero-order valence-corrected chi connectivity index (χ0v) is 16.0. The summed E-state index contributed by atoms with van der Waals surface area (Å²) in [5.74, 6) is 0.419. The Kier molecular flexibility index (Phi) is 6.47. The largest absolute Gasteiger partial charge is 0.384 e. The highest BCUT2D eigenvalue weighted by molar-refractivity contribution is 5.32. The lowest BCUT2D eigenvalue weighted by atomic mass is 9.72. The fourth-order valence-electron chi connectivity index (χ4n) is 4.07. The quantitative estimate of drug-likeness (QED) is 0.815. The second-order valence-electron chi connectivity index (χ2n) is 7.76. The van der Waals surface area contributed by atoms with E-state index in [0.29, 0.717) is 5.92 Å². The van der Waals surface area contributed by atoms with Gasteiger partial charge in [0, 0.05) is 25.6 Å². The molecular formula is C23H31NO2. The van der Waals surface area contributed by atoms with Gasteiger partial charge in [-0.3, -0.25) is 4.90 Å². The van der Waals surface area contributed by atoms with Gasteiger partial charge in [-0.05, 0) is 23.5 Å². The Balaban J connectivity index is 2.00. The van der Waals surface area contributed by atoms with Crippen LogP contribution < -0.4 is 0 Å². The first kappa shape index (κ1) is 19.1. The molecule has 0 bridgehead atoms. The summed E-state index contributed by atoms with van der Waals surface area (Å²) in [6.45, 7) is 8.61. The van der Waals surface area contributed by atoms with Crippen molar-refractivity contribution in [3.63, 3.8) is 0 Å². The lowest BCUT2D eigenvalue weighted by Gasteiger charge is -2.41. The number of morpholine rings is 1. The number of rotatable bonds is 7. The Morgan fingerprint density at radius 3 is 2.12 bits per heavy atom. The summed E-state index contributed by atoms with van der Waals surface area (Å²) in [5.41, 5.74) is 1.32. The summed E-state index contributed by atoms with van der Waals surface area (Å²) >= 11 is 0. The number of nitrogens with zero attached hydrogens (tertiary/aromatic N) is 1. The number of hydrogen-bond donors (Lipinski definition) is 1. The van der Waals surface area contributed by atoms with Gasteiger partial charge in [-0.1, -0.05) is 74.5 Å². The molecule has 3 heteroatoms. The average molecular weight is 354 g/mol. The molecule has 1 fully saturated rings. The molecule has 0 aliphatic carbocycles. The highest BCUT2D eigenvalue weighted by Gasteiger charge is 2.40. The lowest BCUT2D eigenvalue weighted by molar-refractivity contribution is -0.0356. The molecule has 0 amide bonds. The smallest absolute Gasteiger partial charge is 0.0979 e. The molecule has 2 aromatic rings. The maximum atomic E-state index is 12.0. The first-order valence-corrected chi connectivity index (χ1v) is 9.72. The lowest BCUT2D eigenvalue weighted by Crippen LogP contribution is -2.45. The van der Waals surface area contributed by atoms with Crippen molar-refractivity contribution in [2.45, 2.75) is 31.8 Å². The van der Waals surface area contributed by atoms with E-state index >= 15 is 0 Å². The molecule has 1 saturated heterocycles. The zero-order chi connectivity index (χ0) is 18.4. The third-order valence-electron chi connectivity index (χ3n) is 5.32. The first-order chi connectivity index (χ1) is 12.6. The molecule has 0 unspecified atom stereocenters. The SMILES string of the molecule is CC(C)C[C@](O)(c1ccccc1)[C@H](CN1CCOCC1)c1ccccc1. The van der Waals surface area contributed by atoms with Gasteiger partial charge < -0.3 is 9.84 Å². The van der Waals surface area contributed by atoms with Crippen molar-refractivity contribution >= 4 is 0 Å². The van der Waals surface area contributed by atoms with Crippen LogP contribution in [0.25, 0.3) is 0 Å². The number of hydrogen-bond acceptors (Lipinski definition) is 3. The van der Waals surface area contributed by atoms with Gasteiger partial charge in [-0.25, -0.2) is 0 Å². The molecule has 26 heavy (non-hydrogen) atoms. The summed E-state index contributed by atoms with van der Waals surface area (Å²) in [7, 11) is 0. The van der Waals surface area contributed by atoms with Crippen LogP contribution in [-0.2, 0) is 10.3 Å². The molecule has 1 aliphatic rings. The Morgan fingerprint density at radius 1 is 0.962 bits per heavy atom. The molecule has 0 saturated carbocycles. The van der Waals surface area contributed by atoms with Crippen LogP contribution in [0.4, 0.5) is 0 Å². The highest BCUT2D eigenvalue weighted by Crippen LogP contribution is 2.42. The molecule has 3 nitrogen and oxygen atoms in total. The van der Waals surface area contributed by atoms with Gasteiger partial charge in [0.05, 0.1) is 18.8 Å². The van der Waals surface area contributed by atoms with Gasteiger partial charge in [0.15, 0.2) is 0 Å². The van der Waals surface area contributed by atoms with E-state index in [1.54, 1.807) is 0 Å². The van der Waals surface area contributed by atoms with Crippen molar-refractivity contribution in [2.75, 3.05) is 32.8 Å². The Labute approximate surface area is 157 Å². The van der Waals surface area contributed by atoms with Crippen LogP contribution in [0.1, 0.15) is 37.3 Å². The molecule has 1 aliphatic heterocycles. The van der Waals surface area contributed by atoms with Crippen LogP contribution in [-0.4, -0.2) is 42.9 Å². The summed E-state index contributed by atoms with van der Waals surface area (Å²) in [5, 5.41) is 12.0. The third kappa shape index (κ3) is 4.53. The van der Waals surface area contributed by atoms with E-state index in [1.807, 2.05) is 24.3 Å². The zero-order valence-electron chi connectivity index (χ0n) is 16.0. The minimum atomic E-state index is -0.894. The van der Waals surface area contributed by atoms with Crippen molar-refractivity contribution in [3.05, 3.63) is 71.8 Å². The highest BCUT2D eigenvalue weighted by atomic mass is 16.5. The van der Waals surface area contributed by atoms with Crippen LogP contribution in [0, 0.1) is 5.92 Å². The third-order valence-corrected chi connectivity index (χ3v) is 5.32. The predicted molar refractivity (Wildman–Crippen MR) is 106 cm³/mol. The van der Waals surface area contributed by atoms with Gasteiger partial charge in [0.2, 0.25) is 0 Å². The van der Waals surface area contributed by atoms with Crippen molar-refractivity contribution < 1.29 is 9.84 Å². The van der Waals surface area contributed by atoms with E-state index in [4.69, 9.17) is 4.74 Å². The van der Waals surface area contributed by atoms with Gasteiger partial charge in [-0.2, -0.15) is 0 Å². The maximum Gasteiger partial charge on any atom is 0.0979 e. The van der Waals surface area contributed by atoms with Crippen molar-refractivity contribution in [3.8, 4) is 0 Å². The summed E-state index contributed by atoms with van der Waals surface area (Å²) in [4.78, 5) is 2.43. The molecule has 140 valence electrons. The Morgan fingerprint density at radius 2 is 1.54 bits per heavy atom. The first-order valence-electron chi connectivity index (χ1n) is 9.72. The van der Waals surface area contributed by atoms with Gasteiger partial charge in [-0.15, -0.1) is 0 Å². The van der Waals surface area contributed by atoms with Gasteiger partial charge in [0.1, 0.15) is 0 Å². The fraction of sp³-hybridized carbons (Fsp3) is 0.478. The Hall–Kier alpha value is -1.68. The van der Waals surface area contributed by atoms with Gasteiger partial charge >= 0.3 is 0 Å². The summed E-state index contributed by atoms with van der Waals surface area (Å²) < 4.78 is 5.52. The molecule has 3 rings (SSSR count). The van der Waals surface area contributed by atoms with E-state index in [0.717, 1.165) is 44.8 Å². The molecule has 1 heterocycles. The normalized spacial score (nSPS) is 19.2. The van der Waals surface area contributed by atoms with Crippen molar-refractivity contribution in [1.29, 1.82) is 0 Å². The van der Waals surface area contributed by atoms with E-state index in [-0.39, 0.29) is 5.92 Å². The average Bonchev–Trinajstić information content (AvgIpc) is 2.67. The minimum Gasteiger partial charge on any atom is -0.384 e. The molecule has 0 spiro atoms. The Bertz CT molecular complexity index is 652. The van der Waals surface area contributed by atoms with Crippen molar-refractivity contribution in [1.82, 2.24) is 4.90 Å². The summed E-state index contributed by atoms with van der Waals surface area (Å²) in [6.07, 6.45) is 0.737. The van der Waals surface area contributed by atoms with E-state index in [1.165, 1.54) is 5.56 Å².